The van der Waals surface area contributed by atoms with Crippen LogP contribution >= 0.6 is 0 Å². The smallest absolute Gasteiger partial charge is 0.859 e. The molecule has 0 aromatic carbocycles. The first kappa shape index (κ1) is 101. The fraction of sp³-hybridized carbons (Fsp3) is 0.750. The van der Waals surface area contributed by atoms with E-state index in [1.807, 2.05) is 0 Å². The van der Waals surface area contributed by atoms with Crippen LogP contribution in [-0.4, -0.2) is 55.0 Å². The van der Waals surface area contributed by atoms with Crippen LogP contribution in [0.2, 0.25) is 39.3 Å². The predicted octanol–water partition coefficient (Wildman–Crippen LogP) is -5.22. The van der Waals surface area contributed by atoms with E-state index in [9.17, 15) is 9.59 Å². The van der Waals surface area contributed by atoms with Crippen LogP contribution in [0.5, 0.6) is 0 Å². The van der Waals surface area contributed by atoms with Gasteiger partial charge in [0.2, 0.25) is 0 Å². The van der Waals surface area contributed by atoms with Crippen molar-refractivity contribution >= 4 is 16.6 Å². The van der Waals surface area contributed by atoms with Crippen LogP contribution in [0, 0.1) is 104 Å². The number of hydrogen-bond acceptors (Lipinski definition) is 4. The van der Waals surface area contributed by atoms with Gasteiger partial charge in [-0.25, -0.2) is 0 Å². The molecule has 0 aliphatic carbocycles. The molecule has 152 valence electrons. The molecule has 14 N–H and O–H groups in total. The minimum atomic E-state index is -1.86. The summed E-state index contributed by atoms with van der Waals surface area (Å²) in [6, 6.07) is 0. The van der Waals surface area contributed by atoms with Crippen molar-refractivity contribution in [2.75, 3.05) is 0 Å². The molecule has 0 saturated carbocycles. The van der Waals surface area contributed by atoms with E-state index in [-0.39, 0.29) is 118 Å². The van der Waals surface area contributed by atoms with Gasteiger partial charge in [-0.2, -0.15) is 0 Å². The van der Waals surface area contributed by atoms with Crippen molar-refractivity contribution in [3.8, 4) is 0 Å². The molecule has 0 aliphatic rings. The summed E-state index contributed by atoms with van der Waals surface area (Å²) in [5, 5.41) is 12.5. The first-order valence-corrected chi connectivity index (χ1v) is 10.7. The molecule has 0 spiro atoms. The van der Waals surface area contributed by atoms with Crippen molar-refractivity contribution in [2.24, 2.45) is 0 Å². The van der Waals surface area contributed by atoms with Gasteiger partial charge in [0.1, 0.15) is 0 Å². The van der Waals surface area contributed by atoms with E-state index in [1.54, 1.807) is 39.3 Å². The second-order valence-corrected chi connectivity index (χ2v) is 12.7. The third kappa shape index (κ3) is 3850. The van der Waals surface area contributed by atoms with Crippen LogP contribution < -0.4 is 9.59 Å². The zero-order chi connectivity index (χ0) is 13.0. The zero-order valence-electron chi connectivity index (χ0n) is 13.9. The Morgan fingerprint density at radius 2 is 0.478 bits per heavy atom. The fourth-order valence-corrected chi connectivity index (χ4v) is 0. The van der Waals surface area contributed by atoms with Gasteiger partial charge in [-0.1, -0.05) is 55.9 Å². The van der Waals surface area contributed by atoms with Crippen molar-refractivity contribution in [3.63, 3.8) is 0 Å². The van der Waals surface area contributed by atoms with Crippen LogP contribution in [0.3, 0.4) is 0 Å². The molecule has 0 amide bonds. The summed E-state index contributed by atoms with van der Waals surface area (Å²) >= 11 is 0. The van der Waals surface area contributed by atoms with Crippen molar-refractivity contribution < 1.29 is 128 Å². The van der Waals surface area contributed by atoms with Gasteiger partial charge in [0.15, 0.2) is 0 Å². The number of nitrogens with zero attached hydrogens (tertiary/aromatic N) is 2. The molecule has 0 aromatic rings. The molecule has 0 aromatic heterocycles. The van der Waals surface area contributed by atoms with Gasteiger partial charge < -0.3 is 71.6 Å². The molecule has 0 heterocycles. The first-order chi connectivity index (χ1) is 6.00. The largest absolute Gasteiger partial charge is 2.00 e. The number of rotatable bonds is 0. The van der Waals surface area contributed by atoms with Crippen molar-refractivity contribution in [2.45, 2.75) is 39.3 Å². The van der Waals surface area contributed by atoms with Crippen LogP contribution in [0.25, 0.3) is 0 Å². The van der Waals surface area contributed by atoms with E-state index in [0.29, 0.717) is 0 Å². The fourth-order valence-electron chi connectivity index (χ4n) is 0. The molecule has 15 heteroatoms. The summed E-state index contributed by atoms with van der Waals surface area (Å²) < 4.78 is 0. The summed E-state index contributed by atoms with van der Waals surface area (Å²) in [5.41, 5.74) is 0. The summed E-state index contributed by atoms with van der Waals surface area (Å²) in [7, 11) is -3.72. The van der Waals surface area contributed by atoms with E-state index in [1.165, 1.54) is 0 Å². The molecule has 0 radical (unpaired) electrons. The second-order valence-electron chi connectivity index (χ2n) is 4.22. The average molecular weight is 671 g/mol. The Labute approximate surface area is 204 Å². The van der Waals surface area contributed by atoms with Crippen LogP contribution in [0.4, 0.5) is 0 Å². The minimum absolute atomic E-state index is 0. The van der Waals surface area contributed by atoms with Crippen LogP contribution in [0.1, 0.15) is 0 Å². The van der Waals surface area contributed by atoms with Gasteiger partial charge in [0.25, 0.3) is 0 Å². The maximum Gasteiger partial charge on any atom is 2.00 e. The maximum atomic E-state index is 10.2. The quantitative estimate of drug-likeness (QED) is 0.180. The molecule has 0 saturated heterocycles. The number of hydrogen-bond donors (Lipinski definition) is 0. The molecule has 0 fully saturated rings. The Hall–Kier alpha value is 1.70. The Morgan fingerprint density at radius 1 is 0.478 bits per heavy atom. The van der Waals surface area contributed by atoms with E-state index in [2.05, 4.69) is 0 Å². The van der Waals surface area contributed by atoms with E-state index < -0.39 is 16.6 Å². The monoisotopic (exact) mass is 672 g/mol. The van der Waals surface area contributed by atoms with E-state index in [0.717, 1.165) is 0 Å². The molecule has 23 heavy (non-hydrogen) atoms. The zero-order valence-corrected chi connectivity index (χ0v) is 20.5. The van der Waals surface area contributed by atoms with Gasteiger partial charge in [0.05, 0.1) is 0 Å². The molecule has 0 bridgehead atoms. The first-order valence-electron chi connectivity index (χ1n) is 3.86. The minimum Gasteiger partial charge on any atom is -0.859 e. The molecule has 0 atom stereocenters. The standard InChI is InChI=1S/2C3H9OSi.2CN.2Gd.7H2O/c2*1-5(2,3)4;2*1-2;;;;;;;;;/h2*1-3H3;;;;;7*1H2/q4*-1;2*+2;;;;;;;. The SMILES string of the molecule is C[Si](C)(C)[O-].C[Si](C)(C)[O-].O.O.O.O.O.O.O.[C-]#N.[C-]#N.[Gd+2].[Gd+2]. The summed E-state index contributed by atoms with van der Waals surface area (Å²) in [6.45, 7) is 20.1. The van der Waals surface area contributed by atoms with E-state index >= 15 is 0 Å². The predicted molar refractivity (Wildman–Crippen MR) is 81.9 cm³/mol. The van der Waals surface area contributed by atoms with Crippen molar-refractivity contribution in [3.05, 3.63) is 13.1 Å². The second kappa shape index (κ2) is 65.1. The van der Waals surface area contributed by atoms with Gasteiger partial charge in [0, 0.05) is 0 Å². The summed E-state index contributed by atoms with van der Waals surface area (Å²) in [5.74, 6) is 0. The van der Waals surface area contributed by atoms with Gasteiger partial charge >= 0.3 is 79.9 Å². The Balaban J connectivity index is -0.00000000491. The van der Waals surface area contributed by atoms with Crippen LogP contribution in [-0.2, 0) is 0 Å². The van der Waals surface area contributed by atoms with Gasteiger partial charge in [-0.05, 0) is 0 Å². The van der Waals surface area contributed by atoms with Crippen LogP contribution in [0.15, 0.2) is 0 Å². The molecule has 0 rings (SSSR count). The average Bonchev–Trinajstić information content (AvgIpc) is 1.88. The Morgan fingerprint density at radius 3 is 0.478 bits per heavy atom. The topological polar surface area (TPSA) is 314 Å². The Kier molecular flexibility index (Phi) is 287. The third-order valence-corrected chi connectivity index (χ3v) is 0. The third-order valence-electron chi connectivity index (χ3n) is 0. The van der Waals surface area contributed by atoms with E-state index in [4.69, 9.17) is 23.7 Å². The van der Waals surface area contributed by atoms with Gasteiger partial charge in [-0.15, -0.1) is 0 Å². The maximum absolute atomic E-state index is 10.2. The summed E-state index contributed by atoms with van der Waals surface area (Å²) in [4.78, 5) is 20.5. The van der Waals surface area contributed by atoms with Crippen molar-refractivity contribution in [1.82, 2.24) is 0 Å². The summed E-state index contributed by atoms with van der Waals surface area (Å²) in [6.07, 6.45) is 0. The normalized spacial score (nSPS) is 5.39. The molecular weight excluding hydrogens is 639 g/mol. The van der Waals surface area contributed by atoms with Gasteiger partial charge in [-0.3, -0.25) is 0 Å². The molecular formula is C8H32Gd2N2O9Si2. The Bertz CT molecular complexity index is 137. The molecule has 11 nitrogen and oxygen atoms in total. The van der Waals surface area contributed by atoms with Crippen molar-refractivity contribution in [1.29, 1.82) is 10.5 Å². The molecule has 0 unspecified atom stereocenters. The molecule has 0 aliphatic heterocycles.